The third-order valence-electron chi connectivity index (χ3n) is 6.57. The number of aliphatic imine (C=N–C) groups is 1. The Balaban J connectivity index is 1.53. The first kappa shape index (κ1) is 27.5. The molecule has 40 heavy (non-hydrogen) atoms. The fraction of sp³-hybridized carbons (Fsp3) is 0.241. The summed E-state index contributed by atoms with van der Waals surface area (Å²) in [4.78, 5) is 23.2. The second-order valence-electron chi connectivity index (χ2n) is 9.03. The minimum atomic E-state index is -0.702. The van der Waals surface area contributed by atoms with E-state index in [1.165, 1.54) is 11.8 Å². The highest BCUT2D eigenvalue weighted by Crippen LogP contribution is 2.44. The Morgan fingerprint density at radius 2 is 1.75 bits per heavy atom. The van der Waals surface area contributed by atoms with Gasteiger partial charge in [-0.2, -0.15) is 4.98 Å². The summed E-state index contributed by atoms with van der Waals surface area (Å²) in [6, 6.07) is 19.8. The number of methoxy groups -OCH3 is 3. The van der Waals surface area contributed by atoms with Gasteiger partial charge in [-0.25, -0.2) is 9.67 Å². The molecule has 1 aliphatic rings. The van der Waals surface area contributed by atoms with Crippen LogP contribution in [-0.2, 0) is 10.5 Å². The van der Waals surface area contributed by atoms with E-state index in [1.807, 2.05) is 49.4 Å². The highest BCUT2D eigenvalue weighted by Gasteiger charge is 2.41. The first-order chi connectivity index (χ1) is 19.4. The van der Waals surface area contributed by atoms with Gasteiger partial charge in [-0.15, -0.1) is 5.10 Å². The maximum Gasteiger partial charge on any atom is 0.249 e. The van der Waals surface area contributed by atoms with Crippen molar-refractivity contribution in [2.75, 3.05) is 26.6 Å². The molecule has 1 N–H and O–H groups in total. The summed E-state index contributed by atoms with van der Waals surface area (Å²) < 4.78 is 18.3. The van der Waals surface area contributed by atoms with Crippen molar-refractivity contribution in [1.82, 2.24) is 14.8 Å². The minimum Gasteiger partial charge on any atom is -0.497 e. The molecule has 1 aliphatic heterocycles. The molecule has 3 aromatic carbocycles. The second kappa shape index (κ2) is 12.0. The summed E-state index contributed by atoms with van der Waals surface area (Å²) in [5.74, 6) is 1.89. The quantitative estimate of drug-likeness (QED) is 0.236. The molecule has 0 saturated heterocycles. The van der Waals surface area contributed by atoms with E-state index < -0.39 is 12.0 Å². The molecular formula is C29H28ClN5O4S. The molecule has 11 heteroatoms. The van der Waals surface area contributed by atoms with Crippen LogP contribution in [0.1, 0.15) is 24.1 Å². The van der Waals surface area contributed by atoms with Crippen LogP contribution in [0, 0.1) is 5.92 Å². The van der Waals surface area contributed by atoms with Crippen molar-refractivity contribution < 1.29 is 19.0 Å². The molecule has 2 unspecified atom stereocenters. The smallest absolute Gasteiger partial charge is 0.249 e. The van der Waals surface area contributed by atoms with Crippen LogP contribution in [0.2, 0.25) is 5.02 Å². The number of carbonyl (C=O) groups excluding carboxylic acids is 1. The van der Waals surface area contributed by atoms with Crippen LogP contribution >= 0.6 is 23.4 Å². The maximum absolute atomic E-state index is 13.9. The zero-order valence-electron chi connectivity index (χ0n) is 22.4. The first-order valence-corrected chi connectivity index (χ1v) is 13.8. The molecular weight excluding hydrogens is 550 g/mol. The number of benzene rings is 3. The number of hydrogen-bond acceptors (Lipinski definition) is 8. The largest absolute Gasteiger partial charge is 0.497 e. The monoisotopic (exact) mass is 577 g/mol. The minimum absolute atomic E-state index is 0.238. The Kier molecular flexibility index (Phi) is 8.27. The lowest BCUT2D eigenvalue weighted by atomic mass is 9.87. The zero-order valence-corrected chi connectivity index (χ0v) is 24.0. The number of fused-ring (bicyclic) bond motifs is 1. The number of anilines is 1. The van der Waals surface area contributed by atoms with Gasteiger partial charge in [0.25, 0.3) is 0 Å². The van der Waals surface area contributed by atoms with E-state index in [4.69, 9.17) is 35.9 Å². The summed E-state index contributed by atoms with van der Waals surface area (Å²) in [5, 5.41) is 9.06. The van der Waals surface area contributed by atoms with Gasteiger partial charge in [-0.1, -0.05) is 47.6 Å². The lowest BCUT2D eigenvalue weighted by Gasteiger charge is -2.31. The summed E-state index contributed by atoms with van der Waals surface area (Å²) in [5.41, 5.74) is 3.06. The summed E-state index contributed by atoms with van der Waals surface area (Å²) in [6.45, 7) is 1.83. The lowest BCUT2D eigenvalue weighted by molar-refractivity contribution is -0.118. The molecule has 1 amide bonds. The number of thioether (sulfide) groups is 1. The average molecular weight is 578 g/mol. The van der Waals surface area contributed by atoms with E-state index in [9.17, 15) is 4.79 Å². The van der Waals surface area contributed by atoms with Crippen LogP contribution in [0.15, 0.2) is 76.9 Å². The van der Waals surface area contributed by atoms with Gasteiger partial charge in [0.05, 0.1) is 21.3 Å². The van der Waals surface area contributed by atoms with Gasteiger partial charge in [-0.05, 0) is 55.0 Å². The van der Waals surface area contributed by atoms with Gasteiger partial charge < -0.3 is 19.5 Å². The second-order valence-corrected chi connectivity index (χ2v) is 10.4. The number of amides is 1. The van der Waals surface area contributed by atoms with Crippen LogP contribution in [0.3, 0.4) is 0 Å². The van der Waals surface area contributed by atoms with E-state index in [1.54, 1.807) is 50.3 Å². The van der Waals surface area contributed by atoms with Crippen molar-refractivity contribution in [3.8, 4) is 17.2 Å². The van der Waals surface area contributed by atoms with Gasteiger partial charge in [0.15, 0.2) is 11.5 Å². The van der Waals surface area contributed by atoms with E-state index >= 15 is 0 Å². The predicted octanol–water partition coefficient (Wildman–Crippen LogP) is 6.20. The Hall–Kier alpha value is -4.02. The van der Waals surface area contributed by atoms with Crippen molar-refractivity contribution in [3.63, 3.8) is 0 Å². The highest BCUT2D eigenvalue weighted by atomic mass is 35.5. The Labute approximate surface area is 241 Å². The Morgan fingerprint density at radius 3 is 2.42 bits per heavy atom. The van der Waals surface area contributed by atoms with Crippen LogP contribution in [0.4, 0.5) is 11.6 Å². The molecule has 2 heterocycles. The van der Waals surface area contributed by atoms with Gasteiger partial charge in [0.2, 0.25) is 17.0 Å². The van der Waals surface area contributed by atoms with Crippen LogP contribution in [0.25, 0.3) is 0 Å². The number of hydrogen-bond donors (Lipinski definition) is 1. The van der Waals surface area contributed by atoms with E-state index in [-0.39, 0.29) is 5.91 Å². The highest BCUT2D eigenvalue weighted by molar-refractivity contribution is 7.98. The van der Waals surface area contributed by atoms with Crippen molar-refractivity contribution in [2.24, 2.45) is 10.9 Å². The molecule has 1 aromatic heterocycles. The molecule has 0 saturated carbocycles. The van der Waals surface area contributed by atoms with Gasteiger partial charge in [0, 0.05) is 27.7 Å². The fourth-order valence-electron chi connectivity index (χ4n) is 4.63. The molecule has 0 radical (unpaired) electrons. The van der Waals surface area contributed by atoms with E-state index in [2.05, 4.69) is 10.3 Å². The summed E-state index contributed by atoms with van der Waals surface area (Å²) in [7, 11) is 4.75. The van der Waals surface area contributed by atoms with Crippen LogP contribution in [-0.4, -0.2) is 47.7 Å². The zero-order chi connectivity index (χ0) is 28.2. The first-order valence-electron chi connectivity index (χ1n) is 12.5. The third kappa shape index (κ3) is 5.64. The predicted molar refractivity (Wildman–Crippen MR) is 157 cm³/mol. The number of carbonyl (C=O) groups is 1. The molecule has 9 nitrogen and oxygen atoms in total. The van der Waals surface area contributed by atoms with E-state index in [0.717, 1.165) is 11.1 Å². The number of nitrogens with one attached hydrogen (secondary N) is 1. The molecule has 0 spiro atoms. The molecule has 206 valence electrons. The molecule has 0 aliphatic carbocycles. The Bertz CT molecular complexity index is 1540. The molecule has 4 aromatic rings. The summed E-state index contributed by atoms with van der Waals surface area (Å²) >= 11 is 7.51. The van der Waals surface area contributed by atoms with Crippen LogP contribution in [0.5, 0.6) is 17.2 Å². The maximum atomic E-state index is 13.9. The van der Waals surface area contributed by atoms with Crippen LogP contribution < -0.4 is 19.5 Å². The van der Waals surface area contributed by atoms with Crippen molar-refractivity contribution in [1.29, 1.82) is 0 Å². The number of nitrogens with zero attached hydrogens (tertiary/aromatic N) is 4. The lowest BCUT2D eigenvalue weighted by Crippen LogP contribution is -2.39. The SMILES string of the molecule is COc1ccc(NC(=O)C2C(C)=Nc3nc(SCc4ccc(Cl)cc4)nn3C2c2cccc(OC)c2OC)cc1. The topological polar surface area (TPSA) is 99.9 Å². The number of aromatic nitrogens is 3. The average Bonchev–Trinajstić information content (AvgIpc) is 3.38. The van der Waals surface area contributed by atoms with Gasteiger partial charge >= 0.3 is 0 Å². The van der Waals surface area contributed by atoms with Crippen molar-refractivity contribution in [3.05, 3.63) is 82.9 Å². The molecule has 5 rings (SSSR count). The molecule has 0 bridgehead atoms. The molecule has 0 fully saturated rings. The number of halogens is 1. The number of para-hydroxylation sites is 1. The van der Waals surface area contributed by atoms with Crippen molar-refractivity contribution in [2.45, 2.75) is 23.9 Å². The van der Waals surface area contributed by atoms with Gasteiger partial charge in [0.1, 0.15) is 17.7 Å². The fourth-order valence-corrected chi connectivity index (χ4v) is 5.54. The van der Waals surface area contributed by atoms with Gasteiger partial charge in [-0.3, -0.25) is 4.79 Å². The number of ether oxygens (including phenoxy) is 3. The normalized spacial score (nSPS) is 16.1. The standard InChI is InChI=1S/C29H28ClN5O4S/c1-17-24(27(36)32-20-12-14-21(37-2)15-13-20)25(22-6-5-7-23(38-3)26(22)39-4)35-28(31-17)33-29(34-35)40-16-18-8-10-19(30)11-9-18/h5-15,24-25H,16H2,1-4H3,(H,32,36). The Morgan fingerprint density at radius 1 is 1.00 bits per heavy atom. The van der Waals surface area contributed by atoms with E-state index in [0.29, 0.717) is 50.5 Å². The molecule has 2 atom stereocenters. The van der Waals surface area contributed by atoms with Crippen molar-refractivity contribution >= 4 is 46.6 Å². The summed E-state index contributed by atoms with van der Waals surface area (Å²) in [6.07, 6.45) is 0. The number of rotatable bonds is 9. The third-order valence-corrected chi connectivity index (χ3v) is 7.73.